The molecule has 1 aliphatic rings. The van der Waals surface area contributed by atoms with Crippen molar-refractivity contribution in [1.82, 2.24) is 5.32 Å². The summed E-state index contributed by atoms with van der Waals surface area (Å²) in [7, 11) is 3.37. The summed E-state index contributed by atoms with van der Waals surface area (Å²) in [6.07, 6.45) is 2.30. The minimum atomic E-state index is 0.263. The molecule has 0 aliphatic carbocycles. The molecule has 1 unspecified atom stereocenters. The quantitative estimate of drug-likeness (QED) is 0.869. The van der Waals surface area contributed by atoms with Crippen molar-refractivity contribution in [2.24, 2.45) is 5.92 Å². The Morgan fingerprint density at radius 2 is 2.00 bits per heavy atom. The predicted octanol–water partition coefficient (Wildman–Crippen LogP) is 2.78. The maximum Gasteiger partial charge on any atom is 0.127 e. The number of methoxy groups -OCH3 is 2. The summed E-state index contributed by atoms with van der Waals surface area (Å²) in [5.41, 5.74) is 1.17. The molecule has 1 N–H and O–H groups in total. The van der Waals surface area contributed by atoms with Crippen LogP contribution in [-0.2, 0) is 4.74 Å². The monoisotopic (exact) mass is 279 g/mol. The zero-order valence-electron chi connectivity index (χ0n) is 12.6. The van der Waals surface area contributed by atoms with E-state index >= 15 is 0 Å². The molecular formula is C16H25NO3. The molecule has 0 spiro atoms. The standard InChI is InChI=1S/C16H25NO3/c1-12(17-11-13-6-8-20-9-7-13)15-5-4-14(18-2)10-16(15)19-3/h4-5,10,12-13,17H,6-9,11H2,1-3H3. The lowest BCUT2D eigenvalue weighted by atomic mass is 9.99. The topological polar surface area (TPSA) is 39.7 Å². The van der Waals surface area contributed by atoms with Gasteiger partial charge < -0.3 is 19.5 Å². The highest BCUT2D eigenvalue weighted by Gasteiger charge is 2.17. The van der Waals surface area contributed by atoms with Crippen molar-refractivity contribution in [2.45, 2.75) is 25.8 Å². The fourth-order valence-corrected chi connectivity index (χ4v) is 2.58. The smallest absolute Gasteiger partial charge is 0.127 e. The summed E-state index contributed by atoms with van der Waals surface area (Å²) in [6, 6.07) is 6.24. The lowest BCUT2D eigenvalue weighted by Crippen LogP contribution is -2.29. The largest absolute Gasteiger partial charge is 0.497 e. The van der Waals surface area contributed by atoms with Gasteiger partial charge in [0.15, 0.2) is 0 Å². The predicted molar refractivity (Wildman–Crippen MR) is 79.5 cm³/mol. The van der Waals surface area contributed by atoms with E-state index in [0.29, 0.717) is 0 Å². The van der Waals surface area contributed by atoms with Crippen LogP contribution in [0.4, 0.5) is 0 Å². The molecule has 1 heterocycles. The molecule has 20 heavy (non-hydrogen) atoms. The molecule has 4 nitrogen and oxygen atoms in total. The van der Waals surface area contributed by atoms with E-state index in [1.807, 2.05) is 12.1 Å². The third-order valence-electron chi connectivity index (χ3n) is 3.96. The second-order valence-corrected chi connectivity index (χ2v) is 5.29. The SMILES string of the molecule is COc1ccc(C(C)NCC2CCOCC2)c(OC)c1. The van der Waals surface area contributed by atoms with E-state index in [2.05, 4.69) is 18.3 Å². The van der Waals surface area contributed by atoms with Gasteiger partial charge in [0.2, 0.25) is 0 Å². The Kier molecular flexibility index (Phi) is 5.68. The van der Waals surface area contributed by atoms with Crippen molar-refractivity contribution in [2.75, 3.05) is 34.0 Å². The van der Waals surface area contributed by atoms with Gasteiger partial charge >= 0.3 is 0 Å². The Morgan fingerprint density at radius 3 is 2.65 bits per heavy atom. The Morgan fingerprint density at radius 1 is 1.25 bits per heavy atom. The van der Waals surface area contributed by atoms with E-state index in [1.54, 1.807) is 14.2 Å². The molecule has 0 aromatic heterocycles. The average molecular weight is 279 g/mol. The highest BCUT2D eigenvalue weighted by atomic mass is 16.5. The van der Waals surface area contributed by atoms with Crippen LogP contribution in [-0.4, -0.2) is 34.0 Å². The van der Waals surface area contributed by atoms with Gasteiger partial charge in [-0.15, -0.1) is 0 Å². The first-order chi connectivity index (χ1) is 9.74. The molecule has 1 aromatic rings. The molecule has 1 fully saturated rings. The van der Waals surface area contributed by atoms with Crippen molar-refractivity contribution in [3.63, 3.8) is 0 Å². The fraction of sp³-hybridized carbons (Fsp3) is 0.625. The van der Waals surface area contributed by atoms with Crippen molar-refractivity contribution in [3.8, 4) is 11.5 Å². The summed E-state index contributed by atoms with van der Waals surface area (Å²) in [5, 5.41) is 3.60. The first-order valence-corrected chi connectivity index (χ1v) is 7.27. The fourth-order valence-electron chi connectivity index (χ4n) is 2.58. The molecule has 1 atom stereocenters. The molecule has 2 rings (SSSR count). The van der Waals surface area contributed by atoms with Crippen molar-refractivity contribution < 1.29 is 14.2 Å². The molecule has 1 aliphatic heterocycles. The maximum atomic E-state index is 5.46. The molecule has 0 saturated carbocycles. The van der Waals surface area contributed by atoms with Crippen LogP contribution in [0.2, 0.25) is 0 Å². The number of benzene rings is 1. The van der Waals surface area contributed by atoms with Crippen molar-refractivity contribution in [3.05, 3.63) is 23.8 Å². The van der Waals surface area contributed by atoms with Gasteiger partial charge in [-0.25, -0.2) is 0 Å². The van der Waals surface area contributed by atoms with Gasteiger partial charge in [-0.05, 0) is 38.3 Å². The second-order valence-electron chi connectivity index (χ2n) is 5.29. The Balaban J connectivity index is 1.95. The van der Waals surface area contributed by atoms with Crippen LogP contribution in [0.25, 0.3) is 0 Å². The highest BCUT2D eigenvalue weighted by molar-refractivity contribution is 5.42. The first-order valence-electron chi connectivity index (χ1n) is 7.27. The Hall–Kier alpha value is -1.26. The van der Waals surface area contributed by atoms with Crippen LogP contribution in [0.5, 0.6) is 11.5 Å². The lowest BCUT2D eigenvalue weighted by Gasteiger charge is -2.25. The lowest BCUT2D eigenvalue weighted by molar-refractivity contribution is 0.0656. The number of nitrogens with one attached hydrogen (secondary N) is 1. The average Bonchev–Trinajstić information content (AvgIpc) is 2.52. The van der Waals surface area contributed by atoms with Crippen LogP contribution >= 0.6 is 0 Å². The Labute approximate surface area is 121 Å². The highest BCUT2D eigenvalue weighted by Crippen LogP contribution is 2.29. The molecule has 1 aromatic carbocycles. The number of hydrogen-bond acceptors (Lipinski definition) is 4. The van der Waals surface area contributed by atoms with Crippen molar-refractivity contribution >= 4 is 0 Å². The van der Waals surface area contributed by atoms with E-state index in [4.69, 9.17) is 14.2 Å². The van der Waals surface area contributed by atoms with Gasteiger partial charge in [-0.3, -0.25) is 0 Å². The molecule has 0 bridgehead atoms. The van der Waals surface area contributed by atoms with E-state index in [-0.39, 0.29) is 6.04 Å². The van der Waals surface area contributed by atoms with Gasteiger partial charge in [0.05, 0.1) is 14.2 Å². The number of rotatable bonds is 6. The summed E-state index contributed by atoms with van der Waals surface area (Å²) >= 11 is 0. The molecular weight excluding hydrogens is 254 g/mol. The van der Waals surface area contributed by atoms with Gasteiger partial charge in [-0.1, -0.05) is 6.07 Å². The molecule has 1 saturated heterocycles. The third-order valence-corrected chi connectivity index (χ3v) is 3.96. The van der Waals surface area contributed by atoms with Crippen LogP contribution in [0, 0.1) is 5.92 Å². The first kappa shape index (κ1) is 15.1. The van der Waals surface area contributed by atoms with Crippen LogP contribution in [0.3, 0.4) is 0 Å². The molecule has 0 amide bonds. The summed E-state index contributed by atoms with van der Waals surface area (Å²) in [5.74, 6) is 2.41. The maximum absolute atomic E-state index is 5.46. The molecule has 0 radical (unpaired) electrons. The second kappa shape index (κ2) is 7.50. The zero-order valence-corrected chi connectivity index (χ0v) is 12.6. The van der Waals surface area contributed by atoms with Crippen LogP contribution in [0.15, 0.2) is 18.2 Å². The third kappa shape index (κ3) is 3.87. The van der Waals surface area contributed by atoms with Gasteiger partial charge in [0, 0.05) is 30.9 Å². The van der Waals surface area contributed by atoms with Crippen molar-refractivity contribution in [1.29, 1.82) is 0 Å². The molecule has 112 valence electrons. The van der Waals surface area contributed by atoms with E-state index in [1.165, 1.54) is 5.56 Å². The number of ether oxygens (including phenoxy) is 3. The van der Waals surface area contributed by atoms with E-state index < -0.39 is 0 Å². The van der Waals surface area contributed by atoms with Crippen LogP contribution in [0.1, 0.15) is 31.4 Å². The number of hydrogen-bond donors (Lipinski definition) is 1. The van der Waals surface area contributed by atoms with E-state index in [9.17, 15) is 0 Å². The zero-order chi connectivity index (χ0) is 14.4. The summed E-state index contributed by atoms with van der Waals surface area (Å²) < 4.78 is 16.1. The summed E-state index contributed by atoms with van der Waals surface area (Å²) in [6.45, 7) is 4.99. The van der Waals surface area contributed by atoms with E-state index in [0.717, 1.165) is 50.0 Å². The van der Waals surface area contributed by atoms with Crippen LogP contribution < -0.4 is 14.8 Å². The Bertz CT molecular complexity index is 416. The van der Waals surface area contributed by atoms with Gasteiger partial charge in [0.25, 0.3) is 0 Å². The van der Waals surface area contributed by atoms with Gasteiger partial charge in [-0.2, -0.15) is 0 Å². The summed E-state index contributed by atoms with van der Waals surface area (Å²) in [4.78, 5) is 0. The minimum Gasteiger partial charge on any atom is -0.497 e. The minimum absolute atomic E-state index is 0.263. The molecule has 4 heteroatoms. The van der Waals surface area contributed by atoms with Gasteiger partial charge in [0.1, 0.15) is 11.5 Å². The normalized spacial score (nSPS) is 17.8.